The van der Waals surface area contributed by atoms with Gasteiger partial charge in [-0.15, -0.1) is 5.10 Å². The van der Waals surface area contributed by atoms with E-state index >= 15 is 0 Å². The van der Waals surface area contributed by atoms with E-state index in [0.717, 1.165) is 0 Å². The van der Waals surface area contributed by atoms with Crippen LogP contribution in [-0.4, -0.2) is 22.4 Å². The summed E-state index contributed by atoms with van der Waals surface area (Å²) >= 11 is 0. The van der Waals surface area contributed by atoms with Crippen molar-refractivity contribution in [1.29, 1.82) is 5.26 Å². The van der Waals surface area contributed by atoms with Crippen molar-refractivity contribution in [3.8, 4) is 34.7 Å². The van der Waals surface area contributed by atoms with Gasteiger partial charge < -0.3 is 20.3 Å². The molecule has 1 aromatic heterocycles. The predicted octanol–water partition coefficient (Wildman–Crippen LogP) is 3.15. The fourth-order valence-electron chi connectivity index (χ4n) is 3.29. The average Bonchev–Trinajstić information content (AvgIpc) is 3.11. The van der Waals surface area contributed by atoms with Gasteiger partial charge in [0, 0.05) is 5.56 Å². The van der Waals surface area contributed by atoms with E-state index in [-0.39, 0.29) is 34.7 Å². The van der Waals surface area contributed by atoms with Crippen molar-refractivity contribution in [2.45, 2.75) is 5.92 Å². The number of allylic oxidation sites excluding steroid dienone is 1. The van der Waals surface area contributed by atoms with E-state index in [4.69, 9.17) is 15.2 Å². The molecule has 7 nitrogen and oxygen atoms in total. The average molecular weight is 378 g/mol. The van der Waals surface area contributed by atoms with E-state index in [1.165, 1.54) is 25.3 Å². The monoisotopic (exact) mass is 378 g/mol. The zero-order valence-corrected chi connectivity index (χ0v) is 14.7. The number of aromatic nitrogens is 2. The number of nitrogens with two attached hydrogens (primary N) is 1. The van der Waals surface area contributed by atoms with Crippen molar-refractivity contribution in [2.24, 2.45) is 5.73 Å². The van der Waals surface area contributed by atoms with E-state index < -0.39 is 5.92 Å². The molecule has 0 amide bonds. The zero-order chi connectivity index (χ0) is 19.8. The highest BCUT2D eigenvalue weighted by Crippen LogP contribution is 2.46. The molecule has 2 heterocycles. The first-order valence-corrected chi connectivity index (χ1v) is 8.32. The molecule has 1 aliphatic rings. The first-order chi connectivity index (χ1) is 13.5. The standard InChI is InChI=1S/C20H15FN4O3/c1-27-15-8-11(4-7-14(15)26)16-13(9-22)19(23)28-20-17(16)18(24-25-20)10-2-5-12(21)6-3-10/h2-8,16,26H,23H2,1H3,(H,24,25)/t16-/m1/s1. The number of halogens is 1. The lowest BCUT2D eigenvalue weighted by molar-refractivity contribution is 0.371. The van der Waals surface area contributed by atoms with Crippen molar-refractivity contribution in [3.63, 3.8) is 0 Å². The van der Waals surface area contributed by atoms with E-state index in [1.54, 1.807) is 24.3 Å². The summed E-state index contributed by atoms with van der Waals surface area (Å²) in [5, 5.41) is 26.7. The highest BCUT2D eigenvalue weighted by atomic mass is 19.1. The molecule has 3 aromatic rings. The number of methoxy groups -OCH3 is 1. The number of nitriles is 1. The Morgan fingerprint density at radius 3 is 2.71 bits per heavy atom. The Balaban J connectivity index is 1.94. The van der Waals surface area contributed by atoms with Gasteiger partial charge in [-0.1, -0.05) is 6.07 Å². The number of benzene rings is 2. The van der Waals surface area contributed by atoms with E-state index in [2.05, 4.69) is 16.3 Å². The predicted molar refractivity (Wildman–Crippen MR) is 97.9 cm³/mol. The third-order valence-corrected chi connectivity index (χ3v) is 4.61. The zero-order valence-electron chi connectivity index (χ0n) is 14.7. The van der Waals surface area contributed by atoms with Gasteiger partial charge in [0.25, 0.3) is 0 Å². The molecule has 1 aliphatic heterocycles. The molecule has 0 saturated heterocycles. The molecule has 4 N–H and O–H groups in total. The lowest BCUT2D eigenvalue weighted by Gasteiger charge is -2.24. The molecule has 28 heavy (non-hydrogen) atoms. The molecule has 0 bridgehead atoms. The summed E-state index contributed by atoms with van der Waals surface area (Å²) < 4.78 is 24.1. The number of nitrogens with zero attached hydrogens (tertiary/aromatic N) is 2. The second-order valence-electron chi connectivity index (χ2n) is 6.18. The van der Waals surface area contributed by atoms with E-state index in [0.29, 0.717) is 22.4 Å². The highest BCUT2D eigenvalue weighted by molar-refractivity contribution is 5.71. The molecule has 0 aliphatic carbocycles. The Morgan fingerprint density at radius 1 is 1.29 bits per heavy atom. The van der Waals surface area contributed by atoms with Gasteiger partial charge in [-0.25, -0.2) is 4.39 Å². The topological polar surface area (TPSA) is 117 Å². The van der Waals surface area contributed by atoms with Gasteiger partial charge in [0.1, 0.15) is 17.5 Å². The number of aromatic hydroxyl groups is 1. The summed E-state index contributed by atoms with van der Waals surface area (Å²) in [6.07, 6.45) is 0. The van der Waals surface area contributed by atoms with Crippen molar-refractivity contribution in [2.75, 3.05) is 7.11 Å². The minimum Gasteiger partial charge on any atom is -0.504 e. The van der Waals surface area contributed by atoms with E-state index in [1.807, 2.05) is 0 Å². The van der Waals surface area contributed by atoms with Crippen LogP contribution in [0.3, 0.4) is 0 Å². The van der Waals surface area contributed by atoms with Crippen molar-refractivity contribution in [3.05, 3.63) is 70.9 Å². The summed E-state index contributed by atoms with van der Waals surface area (Å²) in [7, 11) is 1.44. The highest BCUT2D eigenvalue weighted by Gasteiger charge is 2.36. The first-order valence-electron chi connectivity index (χ1n) is 8.32. The smallest absolute Gasteiger partial charge is 0.244 e. The molecular weight excluding hydrogens is 363 g/mol. The molecular formula is C20H15FN4O3. The summed E-state index contributed by atoms with van der Waals surface area (Å²) in [6, 6.07) is 12.7. The molecule has 0 radical (unpaired) electrons. The second kappa shape index (κ2) is 6.63. The SMILES string of the molecule is COc1cc([C@@H]2C(C#N)=C(N)Oc3n[nH]c(-c4ccc(F)cc4)c32)ccc1O. The van der Waals surface area contributed by atoms with Crippen molar-refractivity contribution in [1.82, 2.24) is 10.2 Å². The quantitative estimate of drug-likeness (QED) is 0.644. The molecule has 0 saturated carbocycles. The fourth-order valence-corrected chi connectivity index (χ4v) is 3.29. The van der Waals surface area contributed by atoms with Gasteiger partial charge >= 0.3 is 0 Å². The molecule has 0 fully saturated rings. The van der Waals surface area contributed by atoms with Gasteiger partial charge in [0.15, 0.2) is 11.5 Å². The van der Waals surface area contributed by atoms with Gasteiger partial charge in [-0.3, -0.25) is 5.10 Å². The number of H-pyrrole nitrogens is 1. The Kier molecular flexibility index (Phi) is 4.12. The van der Waals surface area contributed by atoms with Crippen molar-refractivity contribution < 1.29 is 19.0 Å². The number of hydrogen-bond donors (Lipinski definition) is 3. The third-order valence-electron chi connectivity index (χ3n) is 4.61. The van der Waals surface area contributed by atoms with Gasteiger partial charge in [-0.05, 0) is 42.0 Å². The lowest BCUT2D eigenvalue weighted by Crippen LogP contribution is -2.21. The number of fused-ring (bicyclic) bond motifs is 1. The normalized spacial score (nSPS) is 15.5. The van der Waals surface area contributed by atoms with Crippen LogP contribution in [0.2, 0.25) is 0 Å². The number of aromatic amines is 1. The third kappa shape index (κ3) is 2.70. The number of phenolic OH excluding ortho intramolecular Hbond substituents is 1. The van der Waals surface area contributed by atoms with Gasteiger partial charge in [0.05, 0.1) is 24.3 Å². The van der Waals surface area contributed by atoms with Crippen molar-refractivity contribution >= 4 is 0 Å². The number of phenols is 1. The summed E-state index contributed by atoms with van der Waals surface area (Å²) in [6.45, 7) is 0. The van der Waals surface area contributed by atoms with E-state index in [9.17, 15) is 14.8 Å². The Labute approximate surface area is 159 Å². The summed E-state index contributed by atoms with van der Waals surface area (Å²) in [5.74, 6) is -0.567. The Morgan fingerprint density at radius 2 is 2.04 bits per heavy atom. The largest absolute Gasteiger partial charge is 0.504 e. The summed E-state index contributed by atoms with van der Waals surface area (Å²) in [5.41, 5.74) is 8.64. The van der Waals surface area contributed by atoms with Gasteiger partial charge in [0.2, 0.25) is 11.8 Å². The Hall–Kier alpha value is -3.99. The number of nitrogens with one attached hydrogen (secondary N) is 1. The van der Waals surface area contributed by atoms with Crippen LogP contribution in [0.5, 0.6) is 17.4 Å². The van der Waals surface area contributed by atoms with Crippen LogP contribution < -0.4 is 15.2 Å². The van der Waals surface area contributed by atoms with Gasteiger partial charge in [-0.2, -0.15) is 5.26 Å². The molecule has 4 rings (SSSR count). The van der Waals surface area contributed by atoms with Crippen LogP contribution in [0, 0.1) is 17.1 Å². The second-order valence-corrected chi connectivity index (χ2v) is 6.18. The maximum atomic E-state index is 13.3. The summed E-state index contributed by atoms with van der Waals surface area (Å²) in [4.78, 5) is 0. The van der Waals surface area contributed by atoms with Crippen LogP contribution in [0.15, 0.2) is 53.9 Å². The van der Waals surface area contributed by atoms with Crippen LogP contribution in [0.4, 0.5) is 4.39 Å². The van der Waals surface area contributed by atoms with Crippen LogP contribution in [-0.2, 0) is 0 Å². The maximum absolute atomic E-state index is 13.3. The minimum absolute atomic E-state index is 0.0278. The van der Waals surface area contributed by atoms with Crippen LogP contribution in [0.25, 0.3) is 11.3 Å². The lowest BCUT2D eigenvalue weighted by atomic mass is 9.83. The number of ether oxygens (including phenoxy) is 2. The molecule has 2 aromatic carbocycles. The molecule has 0 spiro atoms. The van der Waals surface area contributed by atoms with Crippen LogP contribution in [0.1, 0.15) is 17.0 Å². The molecule has 1 atom stereocenters. The molecule has 8 heteroatoms. The molecule has 140 valence electrons. The number of hydrogen-bond acceptors (Lipinski definition) is 6. The van der Waals surface area contributed by atoms with Crippen LogP contribution >= 0.6 is 0 Å². The number of rotatable bonds is 3. The first kappa shape index (κ1) is 17.4. The minimum atomic E-state index is -0.609. The fraction of sp³-hybridized carbons (Fsp3) is 0.100. The maximum Gasteiger partial charge on any atom is 0.244 e. The molecule has 0 unspecified atom stereocenters. The Bertz CT molecular complexity index is 1130.